The van der Waals surface area contributed by atoms with Crippen LogP contribution in [0, 0.1) is 5.82 Å². The molecule has 2 amide bonds. The van der Waals surface area contributed by atoms with Gasteiger partial charge < -0.3 is 15.4 Å². The van der Waals surface area contributed by atoms with Crippen LogP contribution in [0.3, 0.4) is 0 Å². The van der Waals surface area contributed by atoms with Gasteiger partial charge in [0.25, 0.3) is 5.91 Å². The lowest BCUT2D eigenvalue weighted by atomic mass is 9.79. The van der Waals surface area contributed by atoms with Gasteiger partial charge >= 0.3 is 5.97 Å². The number of esters is 1. The summed E-state index contributed by atoms with van der Waals surface area (Å²) in [5.74, 6) is -1.52. The van der Waals surface area contributed by atoms with Crippen molar-refractivity contribution in [2.45, 2.75) is 56.4 Å². The first-order valence-corrected chi connectivity index (χ1v) is 9.52. The maximum Gasteiger partial charge on any atom is 0.317 e. The van der Waals surface area contributed by atoms with Gasteiger partial charge in [-0.2, -0.15) is 0 Å². The second-order valence-electron chi connectivity index (χ2n) is 7.28. The lowest BCUT2D eigenvalue weighted by Crippen LogP contribution is -2.47. The van der Waals surface area contributed by atoms with Gasteiger partial charge in [-0.3, -0.25) is 14.4 Å². The highest BCUT2D eigenvalue weighted by molar-refractivity contribution is 5.90. The van der Waals surface area contributed by atoms with Crippen molar-refractivity contribution in [3.63, 3.8) is 0 Å². The monoisotopic (exact) mass is 376 g/mol. The number of halogens is 1. The smallest absolute Gasteiger partial charge is 0.317 e. The number of nitrogens with one attached hydrogen (secondary N) is 2. The molecule has 1 aliphatic carbocycles. The summed E-state index contributed by atoms with van der Waals surface area (Å²) >= 11 is 0. The Balaban J connectivity index is 1.60. The Hall–Kier alpha value is -2.44. The summed E-state index contributed by atoms with van der Waals surface area (Å²) in [6, 6.07) is 5.30. The fourth-order valence-corrected chi connectivity index (χ4v) is 3.94. The summed E-state index contributed by atoms with van der Waals surface area (Å²) < 4.78 is 18.5. The minimum absolute atomic E-state index is 0.203. The Bertz CT molecular complexity index is 698. The molecule has 1 heterocycles. The van der Waals surface area contributed by atoms with E-state index in [1.165, 1.54) is 12.1 Å². The topological polar surface area (TPSA) is 84.5 Å². The number of hydrogen-bond donors (Lipinski definition) is 2. The number of carbonyl (C=O) groups excluding carboxylic acids is 3. The Kier molecular flexibility index (Phi) is 6.08. The Morgan fingerprint density at radius 1 is 1.15 bits per heavy atom. The van der Waals surface area contributed by atoms with Gasteiger partial charge in [-0.1, -0.05) is 25.0 Å². The first kappa shape index (κ1) is 19.3. The summed E-state index contributed by atoms with van der Waals surface area (Å²) in [4.78, 5) is 36.8. The minimum Gasteiger partial charge on any atom is -0.455 e. The molecule has 146 valence electrons. The molecule has 1 aromatic rings. The minimum atomic E-state index is -0.826. The van der Waals surface area contributed by atoms with E-state index in [-0.39, 0.29) is 11.7 Å². The van der Waals surface area contributed by atoms with Crippen molar-refractivity contribution in [1.29, 1.82) is 0 Å². The lowest BCUT2D eigenvalue weighted by molar-refractivity contribution is -0.154. The van der Waals surface area contributed by atoms with Gasteiger partial charge in [0.1, 0.15) is 11.9 Å². The summed E-state index contributed by atoms with van der Waals surface area (Å²) in [6.07, 6.45) is 5.28. The van der Waals surface area contributed by atoms with Crippen molar-refractivity contribution >= 4 is 17.8 Å². The van der Waals surface area contributed by atoms with E-state index >= 15 is 0 Å². The van der Waals surface area contributed by atoms with Crippen LogP contribution in [0.25, 0.3) is 0 Å². The van der Waals surface area contributed by atoms with Crippen molar-refractivity contribution in [2.24, 2.45) is 0 Å². The molecule has 2 aliphatic rings. The molecular weight excluding hydrogens is 351 g/mol. The van der Waals surface area contributed by atoms with Crippen molar-refractivity contribution in [3.05, 3.63) is 35.6 Å². The zero-order chi connectivity index (χ0) is 19.3. The second-order valence-corrected chi connectivity index (χ2v) is 7.28. The highest BCUT2D eigenvalue weighted by Gasteiger charge is 2.44. The Labute approximate surface area is 157 Å². The van der Waals surface area contributed by atoms with Crippen LogP contribution in [0.4, 0.5) is 4.39 Å². The third kappa shape index (κ3) is 4.46. The Morgan fingerprint density at radius 2 is 1.85 bits per heavy atom. The number of hydrogen-bond acceptors (Lipinski definition) is 4. The van der Waals surface area contributed by atoms with Crippen LogP contribution in [0.2, 0.25) is 0 Å². The maximum atomic E-state index is 13.2. The molecule has 1 aliphatic heterocycles. The first-order valence-electron chi connectivity index (χ1n) is 9.52. The molecule has 0 aromatic heterocycles. The highest BCUT2D eigenvalue weighted by atomic mass is 19.1. The van der Waals surface area contributed by atoms with Gasteiger partial charge in [-0.15, -0.1) is 0 Å². The predicted molar refractivity (Wildman–Crippen MR) is 96.3 cm³/mol. The van der Waals surface area contributed by atoms with Crippen molar-refractivity contribution in [3.8, 4) is 0 Å². The van der Waals surface area contributed by atoms with Crippen molar-refractivity contribution in [2.75, 3.05) is 13.2 Å². The van der Waals surface area contributed by atoms with Crippen LogP contribution < -0.4 is 10.6 Å². The van der Waals surface area contributed by atoms with Gasteiger partial charge in [0, 0.05) is 6.54 Å². The van der Waals surface area contributed by atoms with Gasteiger partial charge in [0.05, 0.1) is 5.41 Å². The van der Waals surface area contributed by atoms with E-state index < -0.39 is 29.9 Å². The molecule has 3 rings (SSSR count). The molecule has 0 radical (unpaired) electrons. The number of benzene rings is 1. The zero-order valence-corrected chi connectivity index (χ0v) is 15.3. The lowest BCUT2D eigenvalue weighted by Gasteiger charge is -2.27. The summed E-state index contributed by atoms with van der Waals surface area (Å²) in [5, 5.41) is 5.39. The fourth-order valence-electron chi connectivity index (χ4n) is 3.94. The molecule has 7 heteroatoms. The average molecular weight is 376 g/mol. The van der Waals surface area contributed by atoms with Crippen LogP contribution in [-0.2, 0) is 24.5 Å². The zero-order valence-electron chi connectivity index (χ0n) is 15.3. The van der Waals surface area contributed by atoms with E-state index in [1.54, 1.807) is 12.1 Å². The van der Waals surface area contributed by atoms with Crippen LogP contribution in [0.1, 0.15) is 50.5 Å². The number of amides is 2. The van der Waals surface area contributed by atoms with Crippen LogP contribution in [-0.4, -0.2) is 37.0 Å². The predicted octanol–water partition coefficient (Wildman–Crippen LogP) is 1.97. The van der Waals surface area contributed by atoms with Gasteiger partial charge in [-0.05, 0) is 49.8 Å². The van der Waals surface area contributed by atoms with E-state index in [4.69, 9.17) is 4.74 Å². The molecule has 1 saturated heterocycles. The maximum absolute atomic E-state index is 13.2. The quantitative estimate of drug-likeness (QED) is 0.770. The molecular formula is C20H25FN2O4. The standard InChI is InChI=1S/C20H25FN2O4/c21-15-8-6-14(7-9-15)20(10-2-3-11-20)19(26)27-13-17(24)23-16-5-1-4-12-22-18(16)25/h6-9,16H,1-5,10-13H2,(H,22,25)(H,23,24)/t16-/m1/s1. The SMILES string of the molecule is O=C(COC(=O)C1(c2ccc(F)cc2)CCCC1)N[C@@H]1CCCCNC1=O. The van der Waals surface area contributed by atoms with Gasteiger partial charge in [0.15, 0.2) is 6.61 Å². The molecule has 0 spiro atoms. The van der Waals surface area contributed by atoms with Crippen LogP contribution in [0.5, 0.6) is 0 Å². The van der Waals surface area contributed by atoms with Crippen LogP contribution >= 0.6 is 0 Å². The van der Waals surface area contributed by atoms with E-state index in [9.17, 15) is 18.8 Å². The summed E-state index contributed by atoms with van der Waals surface area (Å²) in [5.41, 5.74) is -0.108. The Morgan fingerprint density at radius 3 is 2.56 bits per heavy atom. The van der Waals surface area contributed by atoms with Gasteiger partial charge in [0.2, 0.25) is 5.91 Å². The molecule has 1 atom stereocenters. The van der Waals surface area contributed by atoms with E-state index in [1.807, 2.05) is 0 Å². The van der Waals surface area contributed by atoms with Crippen molar-refractivity contribution < 1.29 is 23.5 Å². The molecule has 6 nitrogen and oxygen atoms in total. The van der Waals surface area contributed by atoms with Crippen LogP contribution in [0.15, 0.2) is 24.3 Å². The molecule has 0 bridgehead atoms. The summed E-state index contributed by atoms with van der Waals surface area (Å²) in [7, 11) is 0. The normalized spacial score (nSPS) is 21.8. The highest BCUT2D eigenvalue weighted by Crippen LogP contribution is 2.42. The van der Waals surface area contributed by atoms with Gasteiger partial charge in [-0.25, -0.2) is 4.39 Å². The molecule has 27 heavy (non-hydrogen) atoms. The molecule has 0 unspecified atom stereocenters. The fraction of sp³-hybridized carbons (Fsp3) is 0.550. The third-order valence-corrected chi connectivity index (χ3v) is 5.45. The van der Waals surface area contributed by atoms with E-state index in [2.05, 4.69) is 10.6 Å². The summed E-state index contributed by atoms with van der Waals surface area (Å²) in [6.45, 7) is 0.186. The average Bonchev–Trinajstić information content (AvgIpc) is 3.08. The number of ether oxygens (including phenoxy) is 1. The molecule has 2 N–H and O–H groups in total. The molecule has 1 saturated carbocycles. The second kappa shape index (κ2) is 8.50. The van der Waals surface area contributed by atoms with Crippen molar-refractivity contribution in [1.82, 2.24) is 10.6 Å². The van der Waals surface area contributed by atoms with E-state index in [0.29, 0.717) is 25.8 Å². The third-order valence-electron chi connectivity index (χ3n) is 5.45. The molecule has 1 aromatic carbocycles. The molecule has 2 fully saturated rings. The van der Waals surface area contributed by atoms with E-state index in [0.717, 1.165) is 31.2 Å². The first-order chi connectivity index (χ1) is 13.0. The number of rotatable bonds is 5. The number of carbonyl (C=O) groups is 3. The largest absolute Gasteiger partial charge is 0.455 e.